The summed E-state index contributed by atoms with van der Waals surface area (Å²) in [6.07, 6.45) is 5.30. The third-order valence-corrected chi connectivity index (χ3v) is 4.95. The second kappa shape index (κ2) is 5.26. The Balaban J connectivity index is 2.60. The molecule has 0 aromatic rings. The maximum absolute atomic E-state index is 5.95. The highest BCUT2D eigenvalue weighted by Gasteiger charge is 2.34. The molecule has 1 saturated heterocycles. The highest BCUT2D eigenvalue weighted by atomic mass is 32.2. The molecule has 0 atom stereocenters. The Morgan fingerprint density at radius 1 is 1.23 bits per heavy atom. The van der Waals surface area contributed by atoms with Crippen molar-refractivity contribution in [2.75, 3.05) is 18.1 Å². The zero-order valence-corrected chi connectivity index (χ0v) is 9.83. The lowest BCUT2D eigenvalue weighted by atomic mass is 9.69. The lowest BCUT2D eigenvalue weighted by Gasteiger charge is -2.40. The van der Waals surface area contributed by atoms with Crippen LogP contribution in [-0.4, -0.2) is 18.1 Å². The summed E-state index contributed by atoms with van der Waals surface area (Å²) in [5, 5.41) is 0. The van der Waals surface area contributed by atoms with Gasteiger partial charge in [0.1, 0.15) is 0 Å². The normalized spacial score (nSPS) is 20.5. The maximum atomic E-state index is 5.95. The fourth-order valence-electron chi connectivity index (χ4n) is 2.59. The molecule has 0 unspecified atom stereocenters. The van der Waals surface area contributed by atoms with Gasteiger partial charge in [-0.15, -0.1) is 0 Å². The highest BCUT2D eigenvalue weighted by Crippen LogP contribution is 2.41. The Morgan fingerprint density at radius 2 is 1.77 bits per heavy atom. The van der Waals surface area contributed by atoms with Gasteiger partial charge in [0.2, 0.25) is 0 Å². The Hall–Kier alpha value is 0.310. The smallest absolute Gasteiger partial charge is 0.00181 e. The van der Waals surface area contributed by atoms with E-state index >= 15 is 0 Å². The second-order valence-corrected chi connectivity index (χ2v) is 5.38. The topological polar surface area (TPSA) is 26.0 Å². The minimum Gasteiger partial charge on any atom is -0.330 e. The van der Waals surface area contributed by atoms with Crippen molar-refractivity contribution in [2.24, 2.45) is 17.1 Å². The lowest BCUT2D eigenvalue weighted by Crippen LogP contribution is -2.38. The van der Waals surface area contributed by atoms with E-state index in [9.17, 15) is 0 Å². The summed E-state index contributed by atoms with van der Waals surface area (Å²) in [7, 11) is 0. The first-order valence-electron chi connectivity index (χ1n) is 5.57. The van der Waals surface area contributed by atoms with Gasteiger partial charge in [0.25, 0.3) is 0 Å². The van der Waals surface area contributed by atoms with Crippen LogP contribution in [-0.2, 0) is 0 Å². The van der Waals surface area contributed by atoms with Crippen LogP contribution in [0.5, 0.6) is 0 Å². The summed E-state index contributed by atoms with van der Waals surface area (Å²) in [5.41, 5.74) is 6.41. The van der Waals surface area contributed by atoms with Crippen LogP contribution in [0.1, 0.15) is 39.5 Å². The summed E-state index contributed by atoms with van der Waals surface area (Å²) in [6, 6.07) is 0. The molecular weight excluding hydrogens is 178 g/mol. The van der Waals surface area contributed by atoms with Crippen molar-refractivity contribution in [3.05, 3.63) is 0 Å². The largest absolute Gasteiger partial charge is 0.330 e. The minimum absolute atomic E-state index is 0.459. The zero-order valence-electron chi connectivity index (χ0n) is 9.01. The van der Waals surface area contributed by atoms with Gasteiger partial charge in [0.05, 0.1) is 0 Å². The first kappa shape index (κ1) is 11.4. The van der Waals surface area contributed by atoms with Gasteiger partial charge in [-0.3, -0.25) is 0 Å². The Bertz CT molecular complexity index is 129. The van der Waals surface area contributed by atoms with Gasteiger partial charge in [-0.05, 0) is 55.1 Å². The van der Waals surface area contributed by atoms with E-state index in [1.54, 1.807) is 0 Å². The molecule has 13 heavy (non-hydrogen) atoms. The number of rotatable bonds is 4. The van der Waals surface area contributed by atoms with E-state index in [2.05, 4.69) is 25.6 Å². The summed E-state index contributed by atoms with van der Waals surface area (Å²) < 4.78 is 0. The Kier molecular flexibility index (Phi) is 4.60. The predicted molar refractivity (Wildman–Crippen MR) is 62.1 cm³/mol. The third-order valence-electron chi connectivity index (χ3n) is 3.90. The first-order valence-corrected chi connectivity index (χ1v) is 6.72. The summed E-state index contributed by atoms with van der Waals surface area (Å²) >= 11 is 2.11. The number of hydrogen-bond acceptors (Lipinski definition) is 2. The molecular formula is C11H23NS. The van der Waals surface area contributed by atoms with E-state index in [-0.39, 0.29) is 0 Å². The van der Waals surface area contributed by atoms with Gasteiger partial charge < -0.3 is 5.73 Å². The Morgan fingerprint density at radius 3 is 2.15 bits per heavy atom. The summed E-state index contributed by atoms with van der Waals surface area (Å²) in [6.45, 7) is 5.49. The van der Waals surface area contributed by atoms with E-state index < -0.39 is 0 Å². The van der Waals surface area contributed by atoms with Crippen LogP contribution in [0.25, 0.3) is 0 Å². The molecule has 78 valence electrons. The Labute approximate surface area is 86.8 Å². The molecule has 2 N–H and O–H groups in total. The fourth-order valence-corrected chi connectivity index (χ4v) is 3.70. The van der Waals surface area contributed by atoms with Crippen molar-refractivity contribution in [1.82, 2.24) is 0 Å². The van der Waals surface area contributed by atoms with E-state index in [0.29, 0.717) is 5.41 Å². The van der Waals surface area contributed by atoms with Gasteiger partial charge in [0.15, 0.2) is 0 Å². The van der Waals surface area contributed by atoms with Crippen molar-refractivity contribution in [3.8, 4) is 0 Å². The molecule has 1 rings (SSSR count). The molecule has 0 aliphatic carbocycles. The molecule has 0 aromatic heterocycles. The molecule has 2 heteroatoms. The van der Waals surface area contributed by atoms with Crippen molar-refractivity contribution in [3.63, 3.8) is 0 Å². The van der Waals surface area contributed by atoms with Crippen LogP contribution in [0.4, 0.5) is 0 Å². The molecule has 1 aliphatic heterocycles. The number of nitrogens with two attached hydrogens (primary N) is 1. The SMILES string of the molecule is CCC(CC)(CN)C1CCSCC1. The molecule has 0 bridgehead atoms. The van der Waals surface area contributed by atoms with Crippen LogP contribution in [0.15, 0.2) is 0 Å². The molecule has 1 heterocycles. The highest BCUT2D eigenvalue weighted by molar-refractivity contribution is 7.99. The number of thioether (sulfide) groups is 1. The van der Waals surface area contributed by atoms with E-state index in [4.69, 9.17) is 5.73 Å². The maximum Gasteiger partial charge on any atom is -0.00181 e. The van der Waals surface area contributed by atoms with E-state index in [0.717, 1.165) is 12.5 Å². The van der Waals surface area contributed by atoms with Crippen LogP contribution in [0.3, 0.4) is 0 Å². The molecule has 0 spiro atoms. The molecule has 1 aliphatic rings. The number of hydrogen-bond donors (Lipinski definition) is 1. The summed E-state index contributed by atoms with van der Waals surface area (Å²) in [5.74, 6) is 3.60. The average molecular weight is 201 g/mol. The quantitative estimate of drug-likeness (QED) is 0.757. The minimum atomic E-state index is 0.459. The van der Waals surface area contributed by atoms with Crippen LogP contribution >= 0.6 is 11.8 Å². The standard InChI is InChI=1S/C11H23NS/c1-3-11(4-2,9-12)10-5-7-13-8-6-10/h10H,3-9,12H2,1-2H3. The van der Waals surface area contributed by atoms with Crippen LogP contribution < -0.4 is 5.73 Å². The van der Waals surface area contributed by atoms with Gasteiger partial charge in [-0.1, -0.05) is 13.8 Å². The third kappa shape index (κ3) is 2.41. The lowest BCUT2D eigenvalue weighted by molar-refractivity contribution is 0.142. The van der Waals surface area contributed by atoms with Crippen molar-refractivity contribution in [1.29, 1.82) is 0 Å². The van der Waals surface area contributed by atoms with Crippen LogP contribution in [0.2, 0.25) is 0 Å². The van der Waals surface area contributed by atoms with Crippen LogP contribution in [0, 0.1) is 11.3 Å². The van der Waals surface area contributed by atoms with E-state index in [1.165, 1.54) is 37.2 Å². The molecule has 1 nitrogen and oxygen atoms in total. The predicted octanol–water partition coefficient (Wildman–Crippen LogP) is 2.89. The van der Waals surface area contributed by atoms with Crippen molar-refractivity contribution < 1.29 is 0 Å². The van der Waals surface area contributed by atoms with Crippen molar-refractivity contribution in [2.45, 2.75) is 39.5 Å². The molecule has 0 aromatic carbocycles. The summed E-state index contributed by atoms with van der Waals surface area (Å²) in [4.78, 5) is 0. The van der Waals surface area contributed by atoms with Crippen molar-refractivity contribution >= 4 is 11.8 Å². The zero-order chi connectivity index (χ0) is 9.73. The van der Waals surface area contributed by atoms with Gasteiger partial charge >= 0.3 is 0 Å². The molecule has 0 amide bonds. The van der Waals surface area contributed by atoms with E-state index in [1.807, 2.05) is 0 Å². The average Bonchev–Trinajstić information content (AvgIpc) is 2.23. The fraction of sp³-hybridized carbons (Fsp3) is 1.00. The van der Waals surface area contributed by atoms with Gasteiger partial charge in [0, 0.05) is 0 Å². The monoisotopic (exact) mass is 201 g/mol. The second-order valence-electron chi connectivity index (χ2n) is 4.16. The first-order chi connectivity index (χ1) is 6.29. The molecule has 0 radical (unpaired) electrons. The van der Waals surface area contributed by atoms with Gasteiger partial charge in [-0.2, -0.15) is 11.8 Å². The molecule has 1 fully saturated rings. The van der Waals surface area contributed by atoms with Gasteiger partial charge in [-0.25, -0.2) is 0 Å². The molecule has 0 saturated carbocycles.